The molecule has 0 aliphatic carbocycles. The van der Waals surface area contributed by atoms with Crippen LogP contribution in [0.3, 0.4) is 0 Å². The van der Waals surface area contributed by atoms with Crippen molar-refractivity contribution in [1.82, 2.24) is 5.32 Å². The maximum atomic E-state index is 12.0. The van der Waals surface area contributed by atoms with Crippen LogP contribution in [0.2, 0.25) is 5.02 Å². The van der Waals surface area contributed by atoms with Gasteiger partial charge in [-0.15, -0.1) is 0 Å². The molecule has 0 atom stereocenters. The quantitative estimate of drug-likeness (QED) is 0.894. The third-order valence-electron chi connectivity index (χ3n) is 2.57. The Hall–Kier alpha value is -1.52. The predicted molar refractivity (Wildman–Crippen MR) is 78.4 cm³/mol. The monoisotopic (exact) mass is 339 g/mol. The Morgan fingerprint density at radius 3 is 2.53 bits per heavy atom. The van der Waals surface area contributed by atoms with Crippen molar-refractivity contribution in [2.24, 2.45) is 0 Å². The summed E-state index contributed by atoms with van der Waals surface area (Å²) in [5, 5.41) is 12.5. The maximum Gasteiger partial charge on any atom is 0.252 e. The summed E-state index contributed by atoms with van der Waals surface area (Å²) in [6, 6.07) is 11.7. The molecule has 3 nitrogen and oxygen atoms in total. The number of amides is 1. The largest absolute Gasteiger partial charge is 0.508 e. The first kappa shape index (κ1) is 13.9. The number of phenolic OH excluding ortho intramolecular Hbond substituents is 1. The second-order valence-electron chi connectivity index (χ2n) is 3.97. The Morgan fingerprint density at radius 2 is 1.89 bits per heavy atom. The summed E-state index contributed by atoms with van der Waals surface area (Å²) < 4.78 is 0.656. The number of aromatic hydroxyl groups is 1. The SMILES string of the molecule is O=C(NCc1ccc(O)cc1)c1ccc(Cl)cc1Br. The lowest BCUT2D eigenvalue weighted by molar-refractivity contribution is 0.0950. The molecule has 5 heteroatoms. The van der Waals surface area contributed by atoms with Gasteiger partial charge in [0.1, 0.15) is 5.75 Å². The van der Waals surface area contributed by atoms with Gasteiger partial charge < -0.3 is 10.4 Å². The first-order valence-electron chi connectivity index (χ1n) is 5.57. The number of hydrogen-bond acceptors (Lipinski definition) is 2. The van der Waals surface area contributed by atoms with E-state index in [1.807, 2.05) is 0 Å². The lowest BCUT2D eigenvalue weighted by Crippen LogP contribution is -2.23. The summed E-state index contributed by atoms with van der Waals surface area (Å²) >= 11 is 9.13. The number of hydrogen-bond donors (Lipinski definition) is 2. The van der Waals surface area contributed by atoms with Crippen LogP contribution in [0.15, 0.2) is 46.9 Å². The highest BCUT2D eigenvalue weighted by Crippen LogP contribution is 2.21. The van der Waals surface area contributed by atoms with Crippen LogP contribution < -0.4 is 5.32 Å². The molecule has 0 fully saturated rings. The zero-order chi connectivity index (χ0) is 13.8. The van der Waals surface area contributed by atoms with E-state index in [1.165, 1.54) is 0 Å². The zero-order valence-corrected chi connectivity index (χ0v) is 12.2. The summed E-state index contributed by atoms with van der Waals surface area (Å²) in [7, 11) is 0. The minimum Gasteiger partial charge on any atom is -0.508 e. The van der Waals surface area contributed by atoms with Gasteiger partial charge in [0.2, 0.25) is 0 Å². The van der Waals surface area contributed by atoms with Crippen molar-refractivity contribution in [3.63, 3.8) is 0 Å². The fourth-order valence-corrected chi connectivity index (χ4v) is 2.43. The minimum atomic E-state index is -0.184. The summed E-state index contributed by atoms with van der Waals surface area (Å²) in [5.74, 6) is 0.0205. The highest BCUT2D eigenvalue weighted by Gasteiger charge is 2.09. The Bertz CT molecular complexity index is 599. The van der Waals surface area contributed by atoms with Gasteiger partial charge >= 0.3 is 0 Å². The van der Waals surface area contributed by atoms with Crippen molar-refractivity contribution in [1.29, 1.82) is 0 Å². The van der Waals surface area contributed by atoms with E-state index in [9.17, 15) is 4.79 Å². The van der Waals surface area contributed by atoms with Gasteiger partial charge in [0.15, 0.2) is 0 Å². The fourth-order valence-electron chi connectivity index (χ4n) is 1.56. The summed E-state index contributed by atoms with van der Waals surface area (Å²) in [5.41, 5.74) is 1.44. The van der Waals surface area contributed by atoms with Gasteiger partial charge in [-0.05, 0) is 51.8 Å². The van der Waals surface area contributed by atoms with E-state index in [1.54, 1.807) is 42.5 Å². The van der Waals surface area contributed by atoms with Gasteiger partial charge in [-0.2, -0.15) is 0 Å². The number of phenols is 1. The van der Waals surface area contributed by atoms with E-state index in [0.717, 1.165) is 5.56 Å². The van der Waals surface area contributed by atoms with E-state index >= 15 is 0 Å². The number of rotatable bonds is 3. The van der Waals surface area contributed by atoms with Crippen molar-refractivity contribution < 1.29 is 9.90 Å². The first-order valence-corrected chi connectivity index (χ1v) is 6.74. The van der Waals surface area contributed by atoms with Crippen molar-refractivity contribution in [2.75, 3.05) is 0 Å². The molecule has 98 valence electrons. The molecule has 0 aromatic heterocycles. The Kier molecular flexibility index (Phi) is 4.45. The van der Waals surface area contributed by atoms with Crippen LogP contribution in [0.4, 0.5) is 0 Å². The molecule has 0 aliphatic rings. The molecule has 2 rings (SSSR count). The number of nitrogens with one attached hydrogen (secondary N) is 1. The van der Waals surface area contributed by atoms with Gasteiger partial charge in [0.05, 0.1) is 5.56 Å². The molecule has 0 saturated carbocycles. The normalized spacial score (nSPS) is 10.2. The predicted octanol–water partition coefficient (Wildman–Crippen LogP) is 3.74. The Balaban J connectivity index is 2.03. The lowest BCUT2D eigenvalue weighted by atomic mass is 10.2. The second kappa shape index (κ2) is 6.08. The number of halogens is 2. The zero-order valence-electron chi connectivity index (χ0n) is 9.86. The molecule has 1 amide bonds. The molecule has 0 spiro atoms. The van der Waals surface area contributed by atoms with Crippen LogP contribution in [0.1, 0.15) is 15.9 Å². The molecule has 2 aromatic carbocycles. The van der Waals surface area contributed by atoms with Gasteiger partial charge in [-0.25, -0.2) is 0 Å². The van der Waals surface area contributed by atoms with Gasteiger partial charge in [-0.1, -0.05) is 23.7 Å². The van der Waals surface area contributed by atoms with E-state index in [-0.39, 0.29) is 11.7 Å². The molecular formula is C14H11BrClNO2. The smallest absolute Gasteiger partial charge is 0.252 e. The summed E-state index contributed by atoms with van der Waals surface area (Å²) in [4.78, 5) is 12.0. The Morgan fingerprint density at radius 1 is 1.21 bits per heavy atom. The van der Waals surface area contributed by atoms with Crippen LogP contribution in [0, 0.1) is 0 Å². The van der Waals surface area contributed by atoms with Crippen LogP contribution in [0.25, 0.3) is 0 Å². The van der Waals surface area contributed by atoms with Crippen LogP contribution in [-0.2, 0) is 6.54 Å². The van der Waals surface area contributed by atoms with Crippen molar-refractivity contribution in [3.8, 4) is 5.75 Å². The molecule has 0 heterocycles. The number of carbonyl (C=O) groups is 1. The Labute approximate surface area is 124 Å². The molecule has 0 saturated heterocycles. The molecule has 0 aliphatic heterocycles. The van der Waals surface area contributed by atoms with E-state index in [0.29, 0.717) is 21.6 Å². The van der Waals surface area contributed by atoms with Crippen LogP contribution in [-0.4, -0.2) is 11.0 Å². The molecule has 0 unspecified atom stereocenters. The van der Waals surface area contributed by atoms with Crippen molar-refractivity contribution >= 4 is 33.4 Å². The van der Waals surface area contributed by atoms with Gasteiger partial charge in [0, 0.05) is 16.0 Å². The maximum absolute atomic E-state index is 12.0. The highest BCUT2D eigenvalue weighted by molar-refractivity contribution is 9.10. The van der Waals surface area contributed by atoms with E-state index < -0.39 is 0 Å². The third-order valence-corrected chi connectivity index (χ3v) is 3.46. The summed E-state index contributed by atoms with van der Waals surface area (Å²) in [6.07, 6.45) is 0. The van der Waals surface area contributed by atoms with Gasteiger partial charge in [0.25, 0.3) is 5.91 Å². The lowest BCUT2D eigenvalue weighted by Gasteiger charge is -2.07. The molecule has 0 bridgehead atoms. The standard InChI is InChI=1S/C14H11BrClNO2/c15-13-7-10(16)3-6-12(13)14(19)17-8-9-1-4-11(18)5-2-9/h1-7,18H,8H2,(H,17,19). The van der Waals surface area contributed by atoms with Crippen LogP contribution in [0.5, 0.6) is 5.75 Å². The van der Waals surface area contributed by atoms with Crippen LogP contribution >= 0.6 is 27.5 Å². The molecule has 0 radical (unpaired) electrons. The average molecular weight is 341 g/mol. The van der Waals surface area contributed by atoms with Gasteiger partial charge in [-0.3, -0.25) is 4.79 Å². The topological polar surface area (TPSA) is 49.3 Å². The summed E-state index contributed by atoms with van der Waals surface area (Å²) in [6.45, 7) is 0.397. The molecular weight excluding hydrogens is 330 g/mol. The number of carbonyl (C=O) groups excluding carboxylic acids is 1. The highest BCUT2D eigenvalue weighted by atomic mass is 79.9. The molecule has 2 aromatic rings. The first-order chi connectivity index (χ1) is 9.06. The van der Waals surface area contributed by atoms with Crippen molar-refractivity contribution in [3.05, 3.63) is 63.1 Å². The minimum absolute atomic E-state index is 0.184. The van der Waals surface area contributed by atoms with E-state index in [2.05, 4.69) is 21.2 Å². The second-order valence-corrected chi connectivity index (χ2v) is 5.26. The molecule has 19 heavy (non-hydrogen) atoms. The van der Waals surface area contributed by atoms with E-state index in [4.69, 9.17) is 16.7 Å². The number of benzene rings is 2. The fraction of sp³-hybridized carbons (Fsp3) is 0.0714. The van der Waals surface area contributed by atoms with Crippen molar-refractivity contribution in [2.45, 2.75) is 6.54 Å². The molecule has 2 N–H and O–H groups in total. The average Bonchev–Trinajstić information content (AvgIpc) is 2.37. The third kappa shape index (κ3) is 3.72.